The van der Waals surface area contributed by atoms with Gasteiger partial charge >= 0.3 is 0 Å². The average Bonchev–Trinajstić information content (AvgIpc) is 2.85. The van der Waals surface area contributed by atoms with Crippen LogP contribution in [0.15, 0.2) is 47.4 Å². The molecule has 6 nitrogen and oxygen atoms in total. The third-order valence-corrected chi connectivity index (χ3v) is 9.41. The highest BCUT2D eigenvalue weighted by Gasteiger charge is 2.34. The van der Waals surface area contributed by atoms with E-state index in [-0.39, 0.29) is 11.8 Å². The van der Waals surface area contributed by atoms with E-state index in [0.717, 1.165) is 18.7 Å². The predicted octanol–water partition coefficient (Wildman–Crippen LogP) is 4.18. The maximum absolute atomic E-state index is 13.2. The fraction of sp³-hybridized carbons (Fsp3) is 0.519. The topological polar surface area (TPSA) is 60.9 Å². The molecule has 7 heteroatoms. The van der Waals surface area contributed by atoms with E-state index >= 15 is 0 Å². The number of rotatable bonds is 5. The van der Waals surface area contributed by atoms with Crippen LogP contribution in [-0.2, 0) is 14.8 Å². The summed E-state index contributed by atoms with van der Waals surface area (Å²) in [5.41, 5.74) is 4.97. The molecule has 0 radical (unpaired) electrons. The summed E-state index contributed by atoms with van der Waals surface area (Å²) >= 11 is 0. The van der Waals surface area contributed by atoms with Crippen molar-refractivity contribution in [2.45, 2.75) is 51.3 Å². The molecule has 34 heavy (non-hydrogen) atoms. The van der Waals surface area contributed by atoms with Crippen molar-refractivity contribution in [2.24, 2.45) is 5.92 Å². The number of hydrogen-bond acceptors (Lipinski definition) is 4. The molecule has 1 amide bonds. The van der Waals surface area contributed by atoms with Crippen LogP contribution in [0.25, 0.3) is 0 Å². The maximum Gasteiger partial charge on any atom is 0.243 e. The number of sulfonamides is 1. The average molecular weight is 484 g/mol. The minimum atomic E-state index is -3.52. The number of anilines is 1. The summed E-state index contributed by atoms with van der Waals surface area (Å²) in [7, 11) is -3.52. The molecular weight excluding hydrogens is 446 g/mol. The number of piperazine rings is 1. The Hall–Kier alpha value is -2.38. The lowest BCUT2D eigenvalue weighted by atomic mass is 9.96. The summed E-state index contributed by atoms with van der Waals surface area (Å²) < 4.78 is 27.7. The van der Waals surface area contributed by atoms with Crippen LogP contribution in [0.2, 0.25) is 0 Å². The number of amides is 1. The summed E-state index contributed by atoms with van der Waals surface area (Å²) in [5, 5.41) is 0. The fourth-order valence-electron chi connectivity index (χ4n) is 5.02. The van der Waals surface area contributed by atoms with Gasteiger partial charge in [-0.15, -0.1) is 0 Å². The van der Waals surface area contributed by atoms with Gasteiger partial charge in [-0.2, -0.15) is 4.31 Å². The predicted molar refractivity (Wildman–Crippen MR) is 137 cm³/mol. The number of carbonyl (C=O) groups is 1. The van der Waals surface area contributed by atoms with Crippen molar-refractivity contribution in [3.63, 3.8) is 0 Å². The first-order valence-electron chi connectivity index (χ1n) is 12.4. The van der Waals surface area contributed by atoms with Crippen LogP contribution in [-0.4, -0.2) is 62.8 Å². The number of nitrogens with zero attached hydrogens (tertiary/aromatic N) is 3. The number of piperidine rings is 1. The van der Waals surface area contributed by atoms with Gasteiger partial charge < -0.3 is 9.80 Å². The Morgan fingerprint density at radius 1 is 0.882 bits per heavy atom. The molecule has 2 aliphatic rings. The van der Waals surface area contributed by atoms with Crippen molar-refractivity contribution >= 4 is 21.6 Å². The molecule has 0 bridgehead atoms. The van der Waals surface area contributed by atoms with Gasteiger partial charge in [0.2, 0.25) is 15.9 Å². The molecule has 2 heterocycles. The summed E-state index contributed by atoms with van der Waals surface area (Å²) in [6.07, 6.45) is 1.17. The Morgan fingerprint density at radius 3 is 2.09 bits per heavy atom. The van der Waals surface area contributed by atoms with Gasteiger partial charge in [0.05, 0.1) is 4.90 Å². The number of benzene rings is 2. The molecule has 2 aromatic carbocycles. The van der Waals surface area contributed by atoms with E-state index in [4.69, 9.17) is 0 Å². The quantitative estimate of drug-likeness (QED) is 0.640. The van der Waals surface area contributed by atoms with E-state index < -0.39 is 10.0 Å². The first-order valence-corrected chi connectivity index (χ1v) is 13.8. The molecule has 2 aromatic rings. The van der Waals surface area contributed by atoms with Gasteiger partial charge in [-0.1, -0.05) is 38.1 Å². The molecule has 4 rings (SSSR count). The van der Waals surface area contributed by atoms with Gasteiger partial charge in [0, 0.05) is 50.9 Å². The first kappa shape index (κ1) is 24.7. The maximum atomic E-state index is 13.2. The van der Waals surface area contributed by atoms with Gasteiger partial charge in [-0.3, -0.25) is 4.79 Å². The monoisotopic (exact) mass is 483 g/mol. The van der Waals surface area contributed by atoms with Crippen LogP contribution in [0.5, 0.6) is 0 Å². The van der Waals surface area contributed by atoms with Crippen molar-refractivity contribution in [3.05, 3.63) is 59.2 Å². The molecule has 0 atom stereocenters. The molecule has 0 unspecified atom stereocenters. The van der Waals surface area contributed by atoms with Crippen LogP contribution in [0.3, 0.4) is 0 Å². The van der Waals surface area contributed by atoms with E-state index in [1.165, 1.54) is 16.8 Å². The lowest BCUT2D eigenvalue weighted by molar-refractivity contribution is -0.137. The second-order valence-electron chi connectivity index (χ2n) is 9.93. The van der Waals surface area contributed by atoms with Crippen molar-refractivity contribution in [3.8, 4) is 0 Å². The van der Waals surface area contributed by atoms with Gasteiger partial charge in [-0.05, 0) is 67.5 Å². The van der Waals surface area contributed by atoms with Gasteiger partial charge in [0.15, 0.2) is 0 Å². The molecule has 0 aliphatic carbocycles. The van der Waals surface area contributed by atoms with E-state index in [2.05, 4.69) is 50.8 Å². The Labute approximate surface area is 204 Å². The number of carbonyl (C=O) groups excluding carboxylic acids is 1. The standard InChI is InChI=1S/C27H37N3O3S/c1-20(2)23-8-10-25(11-9-23)34(32,33)30-14-12-24(13-15-30)27(31)29-18-16-28(17-19-29)26-7-5-6-21(3)22(26)4/h5-11,20,24H,12-19H2,1-4H3. The Balaban J connectivity index is 1.32. The molecule has 2 fully saturated rings. The lowest BCUT2D eigenvalue weighted by Gasteiger charge is -2.39. The van der Waals surface area contributed by atoms with Crippen LogP contribution in [0.1, 0.15) is 49.3 Å². The van der Waals surface area contributed by atoms with Crippen LogP contribution in [0, 0.1) is 19.8 Å². The largest absolute Gasteiger partial charge is 0.368 e. The van der Waals surface area contributed by atoms with Gasteiger partial charge in [0.25, 0.3) is 0 Å². The van der Waals surface area contributed by atoms with E-state index in [1.807, 2.05) is 17.0 Å². The number of hydrogen-bond donors (Lipinski definition) is 0. The third-order valence-electron chi connectivity index (χ3n) is 7.50. The Kier molecular flexibility index (Phi) is 7.33. The molecule has 0 aromatic heterocycles. The summed E-state index contributed by atoms with van der Waals surface area (Å²) in [6, 6.07) is 13.6. The van der Waals surface area contributed by atoms with E-state index in [0.29, 0.717) is 49.8 Å². The molecule has 0 N–H and O–H groups in total. The summed E-state index contributed by atoms with van der Waals surface area (Å²) in [5.74, 6) is 0.446. The minimum absolute atomic E-state index is 0.0953. The van der Waals surface area contributed by atoms with Crippen LogP contribution < -0.4 is 4.90 Å². The summed E-state index contributed by atoms with van der Waals surface area (Å²) in [6.45, 7) is 12.4. The Bertz CT molecular complexity index is 1110. The molecule has 184 valence electrons. The first-order chi connectivity index (χ1) is 16.2. The smallest absolute Gasteiger partial charge is 0.243 e. The Morgan fingerprint density at radius 2 is 1.50 bits per heavy atom. The molecule has 2 saturated heterocycles. The van der Waals surface area contributed by atoms with E-state index in [9.17, 15) is 13.2 Å². The van der Waals surface area contributed by atoms with E-state index in [1.54, 1.807) is 16.4 Å². The van der Waals surface area contributed by atoms with Crippen molar-refractivity contribution in [2.75, 3.05) is 44.2 Å². The van der Waals surface area contributed by atoms with Crippen LogP contribution in [0.4, 0.5) is 5.69 Å². The van der Waals surface area contributed by atoms with Crippen molar-refractivity contribution < 1.29 is 13.2 Å². The highest BCUT2D eigenvalue weighted by molar-refractivity contribution is 7.89. The molecule has 2 aliphatic heterocycles. The van der Waals surface area contributed by atoms with Crippen molar-refractivity contribution in [1.29, 1.82) is 0 Å². The van der Waals surface area contributed by atoms with Crippen LogP contribution >= 0.6 is 0 Å². The van der Waals surface area contributed by atoms with Crippen molar-refractivity contribution in [1.82, 2.24) is 9.21 Å². The highest BCUT2D eigenvalue weighted by Crippen LogP contribution is 2.28. The van der Waals surface area contributed by atoms with Gasteiger partial charge in [0.1, 0.15) is 0 Å². The third kappa shape index (κ3) is 5.01. The molecule has 0 spiro atoms. The normalized spacial score (nSPS) is 18.5. The lowest BCUT2D eigenvalue weighted by Crippen LogP contribution is -2.52. The molecular formula is C27H37N3O3S. The zero-order chi connectivity index (χ0) is 24.5. The second kappa shape index (κ2) is 10.1. The second-order valence-corrected chi connectivity index (χ2v) is 11.9. The van der Waals surface area contributed by atoms with Gasteiger partial charge in [-0.25, -0.2) is 8.42 Å². The fourth-order valence-corrected chi connectivity index (χ4v) is 6.49. The highest BCUT2D eigenvalue weighted by atomic mass is 32.2. The minimum Gasteiger partial charge on any atom is -0.368 e. The molecule has 0 saturated carbocycles. The SMILES string of the molecule is Cc1cccc(N2CCN(C(=O)C3CCN(S(=O)(=O)c4ccc(C(C)C)cc4)CC3)CC2)c1C. The number of aryl methyl sites for hydroxylation is 1. The zero-order valence-electron chi connectivity index (χ0n) is 20.8. The zero-order valence-corrected chi connectivity index (χ0v) is 21.6. The summed E-state index contributed by atoms with van der Waals surface area (Å²) in [4.78, 5) is 17.9.